The molecule has 0 spiro atoms. The monoisotopic (exact) mass is 400 g/mol. The molecule has 0 unspecified atom stereocenters. The first-order chi connectivity index (χ1) is 14.6. The lowest BCUT2D eigenvalue weighted by atomic mass is 10.0. The van der Waals surface area contributed by atoms with E-state index in [1.165, 1.54) is 0 Å². The Balaban J connectivity index is 1.66. The minimum Gasteiger partial charge on any atom is -0.496 e. The molecule has 0 saturated carbocycles. The van der Waals surface area contributed by atoms with Gasteiger partial charge < -0.3 is 10.1 Å². The number of H-pyrrole nitrogens is 1. The van der Waals surface area contributed by atoms with Gasteiger partial charge in [-0.25, -0.2) is 4.98 Å². The van der Waals surface area contributed by atoms with Gasteiger partial charge in [-0.05, 0) is 41.8 Å². The maximum absolute atomic E-state index is 12.3. The van der Waals surface area contributed by atoms with Crippen molar-refractivity contribution in [3.8, 4) is 28.1 Å². The number of nitrogens with one attached hydrogen (secondary N) is 2. The van der Waals surface area contributed by atoms with Crippen molar-refractivity contribution in [2.24, 2.45) is 5.92 Å². The number of rotatable bonds is 6. The molecule has 4 rings (SSSR count). The summed E-state index contributed by atoms with van der Waals surface area (Å²) >= 11 is 0. The Bertz CT molecular complexity index is 1180. The molecule has 0 aliphatic rings. The highest BCUT2D eigenvalue weighted by atomic mass is 16.5. The van der Waals surface area contributed by atoms with Gasteiger partial charge in [-0.15, -0.1) is 0 Å². The predicted molar refractivity (Wildman–Crippen MR) is 118 cm³/mol. The first kappa shape index (κ1) is 19.6. The van der Waals surface area contributed by atoms with E-state index in [4.69, 9.17) is 4.74 Å². The quantitative estimate of drug-likeness (QED) is 0.492. The van der Waals surface area contributed by atoms with E-state index in [2.05, 4.69) is 40.4 Å². The highest BCUT2D eigenvalue weighted by Crippen LogP contribution is 2.34. The van der Waals surface area contributed by atoms with Gasteiger partial charge >= 0.3 is 0 Å². The molecular weight excluding hydrogens is 376 g/mol. The maximum atomic E-state index is 12.3. The van der Waals surface area contributed by atoms with Gasteiger partial charge in [-0.2, -0.15) is 5.10 Å². The fourth-order valence-electron chi connectivity index (χ4n) is 3.33. The Hall–Kier alpha value is -3.67. The van der Waals surface area contributed by atoms with Crippen molar-refractivity contribution in [1.82, 2.24) is 20.5 Å². The number of aromatic amines is 1. The van der Waals surface area contributed by atoms with Crippen LogP contribution in [0.25, 0.3) is 33.4 Å². The summed E-state index contributed by atoms with van der Waals surface area (Å²) in [4.78, 5) is 16.8. The molecule has 0 aliphatic carbocycles. The van der Waals surface area contributed by atoms with Crippen molar-refractivity contribution in [2.45, 2.75) is 13.8 Å². The number of fused-ring (bicyclic) bond motifs is 1. The zero-order chi connectivity index (χ0) is 21.1. The number of carbonyl (C=O) groups excluding carboxylic acids is 1. The Morgan fingerprint density at radius 1 is 1.10 bits per heavy atom. The number of para-hydroxylation sites is 1. The zero-order valence-electron chi connectivity index (χ0n) is 17.3. The fourth-order valence-corrected chi connectivity index (χ4v) is 3.33. The number of ether oxygens (including phenoxy) is 1. The molecule has 0 bridgehead atoms. The third-order valence-corrected chi connectivity index (χ3v) is 4.94. The van der Waals surface area contributed by atoms with Crippen molar-refractivity contribution in [1.29, 1.82) is 0 Å². The third kappa shape index (κ3) is 3.89. The van der Waals surface area contributed by atoms with Crippen LogP contribution in [0, 0.1) is 5.92 Å². The smallest absolute Gasteiger partial charge is 0.251 e. The third-order valence-electron chi connectivity index (χ3n) is 4.94. The van der Waals surface area contributed by atoms with Gasteiger partial charge in [0.05, 0.1) is 12.8 Å². The molecule has 2 aromatic heterocycles. The van der Waals surface area contributed by atoms with Gasteiger partial charge in [0.2, 0.25) is 0 Å². The molecule has 2 heterocycles. The number of pyridine rings is 1. The number of nitrogens with zero attached hydrogens (tertiary/aromatic N) is 2. The molecule has 152 valence electrons. The maximum Gasteiger partial charge on any atom is 0.251 e. The summed E-state index contributed by atoms with van der Waals surface area (Å²) in [7, 11) is 1.65. The lowest BCUT2D eigenvalue weighted by Gasteiger charge is -2.09. The largest absolute Gasteiger partial charge is 0.496 e. The van der Waals surface area contributed by atoms with Crippen molar-refractivity contribution < 1.29 is 9.53 Å². The normalized spacial score (nSPS) is 11.1. The lowest BCUT2D eigenvalue weighted by molar-refractivity contribution is 0.0949. The van der Waals surface area contributed by atoms with Crippen molar-refractivity contribution in [3.05, 3.63) is 66.4 Å². The molecule has 0 saturated heterocycles. The van der Waals surface area contributed by atoms with Crippen LogP contribution in [0.1, 0.15) is 24.2 Å². The van der Waals surface area contributed by atoms with Crippen LogP contribution in [-0.2, 0) is 0 Å². The van der Waals surface area contributed by atoms with E-state index < -0.39 is 0 Å². The van der Waals surface area contributed by atoms with Crippen LogP contribution in [0.2, 0.25) is 0 Å². The number of methoxy groups -OCH3 is 1. The molecule has 0 aliphatic heterocycles. The van der Waals surface area contributed by atoms with Crippen LogP contribution in [-0.4, -0.2) is 34.7 Å². The van der Waals surface area contributed by atoms with Crippen LogP contribution in [0.3, 0.4) is 0 Å². The van der Waals surface area contributed by atoms with Gasteiger partial charge in [-0.1, -0.05) is 38.1 Å². The Labute approximate surface area is 175 Å². The number of hydrogen-bond donors (Lipinski definition) is 2. The van der Waals surface area contributed by atoms with Gasteiger partial charge in [0.25, 0.3) is 5.91 Å². The van der Waals surface area contributed by atoms with Crippen molar-refractivity contribution in [2.75, 3.05) is 13.7 Å². The SMILES string of the molecule is COc1ccccc1-c1[nH]nc2ncc(-c3ccc(C(=O)NCC(C)C)cc3)cc12. The van der Waals surface area contributed by atoms with Gasteiger partial charge in [0.1, 0.15) is 5.75 Å². The second kappa shape index (κ2) is 8.37. The molecule has 4 aromatic rings. The average molecular weight is 400 g/mol. The van der Waals surface area contributed by atoms with E-state index >= 15 is 0 Å². The molecule has 2 N–H and O–H groups in total. The van der Waals surface area contributed by atoms with E-state index in [1.54, 1.807) is 13.3 Å². The summed E-state index contributed by atoms with van der Waals surface area (Å²) in [6.45, 7) is 4.80. The van der Waals surface area contributed by atoms with E-state index in [-0.39, 0.29) is 5.91 Å². The summed E-state index contributed by atoms with van der Waals surface area (Å²) in [5, 5.41) is 11.3. The van der Waals surface area contributed by atoms with Crippen LogP contribution in [0.4, 0.5) is 0 Å². The Morgan fingerprint density at radius 3 is 2.60 bits per heavy atom. The number of hydrogen-bond acceptors (Lipinski definition) is 4. The zero-order valence-corrected chi connectivity index (χ0v) is 17.3. The first-order valence-electron chi connectivity index (χ1n) is 9.93. The molecule has 6 nitrogen and oxygen atoms in total. The second-order valence-electron chi connectivity index (χ2n) is 7.58. The highest BCUT2D eigenvalue weighted by molar-refractivity contribution is 5.96. The Kier molecular flexibility index (Phi) is 5.48. The first-order valence-corrected chi connectivity index (χ1v) is 9.93. The summed E-state index contributed by atoms with van der Waals surface area (Å²) in [6, 6.07) is 17.4. The lowest BCUT2D eigenvalue weighted by Crippen LogP contribution is -2.27. The molecule has 2 aromatic carbocycles. The van der Waals surface area contributed by atoms with Gasteiger partial charge in [-0.3, -0.25) is 9.89 Å². The minimum absolute atomic E-state index is 0.0582. The number of aromatic nitrogens is 3. The molecular formula is C24H24N4O2. The molecule has 0 atom stereocenters. The number of amides is 1. The van der Waals surface area contributed by atoms with Crippen LogP contribution >= 0.6 is 0 Å². The minimum atomic E-state index is -0.0582. The van der Waals surface area contributed by atoms with Crippen molar-refractivity contribution in [3.63, 3.8) is 0 Å². The molecule has 0 fully saturated rings. The van der Waals surface area contributed by atoms with E-state index in [1.807, 2.05) is 48.5 Å². The summed E-state index contributed by atoms with van der Waals surface area (Å²) in [5.41, 5.74) is 5.02. The highest BCUT2D eigenvalue weighted by Gasteiger charge is 2.14. The van der Waals surface area contributed by atoms with Crippen molar-refractivity contribution >= 4 is 16.9 Å². The van der Waals surface area contributed by atoms with E-state index in [9.17, 15) is 4.79 Å². The van der Waals surface area contributed by atoms with Gasteiger partial charge in [0, 0.05) is 34.8 Å². The number of carbonyl (C=O) groups is 1. The predicted octanol–water partition coefficient (Wildman–Crippen LogP) is 4.69. The van der Waals surface area contributed by atoms with Crippen LogP contribution in [0.5, 0.6) is 5.75 Å². The average Bonchev–Trinajstić information content (AvgIpc) is 3.20. The second-order valence-corrected chi connectivity index (χ2v) is 7.58. The summed E-state index contributed by atoms with van der Waals surface area (Å²) in [6.07, 6.45) is 1.79. The molecule has 30 heavy (non-hydrogen) atoms. The van der Waals surface area contributed by atoms with Crippen LogP contribution < -0.4 is 10.1 Å². The topological polar surface area (TPSA) is 79.9 Å². The van der Waals surface area contributed by atoms with Gasteiger partial charge in [0.15, 0.2) is 5.65 Å². The molecule has 0 radical (unpaired) electrons. The van der Waals surface area contributed by atoms with E-state index in [0.717, 1.165) is 33.5 Å². The molecule has 1 amide bonds. The van der Waals surface area contributed by atoms with E-state index in [0.29, 0.717) is 23.7 Å². The Morgan fingerprint density at radius 2 is 1.87 bits per heavy atom. The summed E-state index contributed by atoms with van der Waals surface area (Å²) < 4.78 is 5.50. The standard InChI is InChI=1S/C24H24N4O2/c1-15(2)13-26-24(29)17-10-8-16(9-11-17)18-12-20-22(27-28-23(20)25-14-18)19-6-4-5-7-21(19)30-3/h4-12,14-15H,13H2,1-3H3,(H,26,29)(H,25,27,28). The fraction of sp³-hybridized carbons (Fsp3) is 0.208. The molecule has 6 heteroatoms. The number of benzene rings is 2. The van der Waals surface area contributed by atoms with Crippen LogP contribution in [0.15, 0.2) is 60.8 Å². The summed E-state index contributed by atoms with van der Waals surface area (Å²) in [5.74, 6) is 1.13.